The fourth-order valence-corrected chi connectivity index (χ4v) is 3.18. The fraction of sp³-hybridized carbons (Fsp3) is 0.200. The molecule has 3 aromatic rings. The normalized spacial score (nSPS) is 11.7. The minimum absolute atomic E-state index is 0.00355. The van der Waals surface area contributed by atoms with Crippen molar-refractivity contribution in [3.63, 3.8) is 0 Å². The van der Waals surface area contributed by atoms with Crippen LogP contribution in [0.1, 0.15) is 5.69 Å². The Morgan fingerprint density at radius 2 is 1.83 bits per heavy atom. The Labute approximate surface area is 173 Å². The van der Waals surface area contributed by atoms with Gasteiger partial charge in [0.25, 0.3) is 5.56 Å². The topological polar surface area (TPSA) is 125 Å². The molecule has 2 heterocycles. The maximum Gasteiger partial charge on any atom is 0.431 e. The third kappa shape index (κ3) is 3.80. The molecule has 0 fully saturated rings. The lowest BCUT2D eigenvalue weighted by Crippen LogP contribution is -2.40. The molecule has 30 heavy (non-hydrogen) atoms. The molecule has 10 nitrogen and oxygen atoms in total. The van der Waals surface area contributed by atoms with E-state index in [-0.39, 0.29) is 37.8 Å². The van der Waals surface area contributed by atoms with Gasteiger partial charge < -0.3 is 5.11 Å². The molecule has 0 unspecified atom stereocenters. The zero-order valence-corrected chi connectivity index (χ0v) is 16.2. The molecule has 158 valence electrons. The third-order valence-corrected chi connectivity index (χ3v) is 4.56. The summed E-state index contributed by atoms with van der Waals surface area (Å²) in [6.45, 7) is -0.626. The highest BCUT2D eigenvalue weighted by atomic mass is 35.5. The van der Waals surface area contributed by atoms with Crippen LogP contribution in [0.15, 0.2) is 27.8 Å². The van der Waals surface area contributed by atoms with Crippen LogP contribution in [0.5, 0.6) is 0 Å². The molecule has 3 rings (SSSR count). The van der Waals surface area contributed by atoms with E-state index in [1.165, 1.54) is 0 Å². The van der Waals surface area contributed by atoms with Crippen molar-refractivity contribution in [3.05, 3.63) is 54.8 Å². The third-order valence-electron chi connectivity index (χ3n) is 3.95. The van der Waals surface area contributed by atoms with Crippen LogP contribution < -0.4 is 11.2 Å². The molecule has 1 N–H and O–H groups in total. The number of tetrazole rings is 1. The van der Waals surface area contributed by atoms with Gasteiger partial charge in [0, 0.05) is 18.7 Å². The molecule has 0 aliphatic heterocycles. The number of benzene rings is 1. The Hall–Kier alpha value is -3.19. The zero-order chi connectivity index (χ0) is 22.4. The first-order chi connectivity index (χ1) is 13.9. The van der Waals surface area contributed by atoms with Crippen LogP contribution in [0.3, 0.4) is 0 Å². The molecular formula is C15H9Cl2F3N6O4. The van der Waals surface area contributed by atoms with E-state index in [1.807, 2.05) is 0 Å². The van der Waals surface area contributed by atoms with E-state index in [1.54, 1.807) is 0 Å². The molecule has 0 radical (unpaired) electrons. The van der Waals surface area contributed by atoms with E-state index in [0.29, 0.717) is 4.57 Å². The Kier molecular flexibility index (Phi) is 5.43. The first-order valence-electron chi connectivity index (χ1n) is 7.80. The molecule has 0 spiro atoms. The summed E-state index contributed by atoms with van der Waals surface area (Å²) in [6.07, 6.45) is -4.93. The Balaban J connectivity index is 2.28. The molecule has 0 saturated carbocycles. The highest BCUT2D eigenvalue weighted by Gasteiger charge is 2.35. The molecule has 0 bridgehead atoms. The van der Waals surface area contributed by atoms with Gasteiger partial charge in [-0.05, 0) is 22.6 Å². The molecule has 1 aromatic carbocycles. The maximum atomic E-state index is 13.0. The standard InChI is InChI=1S/C15H9Cl2F3N6O4/c1-24-10(15(18,19)20)4-11(27)26(14(24)30)9-2-6(7(16)3-8(9)17)13-21-22-23-25(13)5-12(28)29/h2-4H,5H2,1H3,(H,28,29). The number of hydrogen-bond acceptors (Lipinski definition) is 6. The van der Waals surface area contributed by atoms with Crippen molar-refractivity contribution in [3.8, 4) is 17.1 Å². The molecule has 0 aliphatic rings. The van der Waals surface area contributed by atoms with E-state index in [2.05, 4.69) is 15.5 Å². The number of aromatic nitrogens is 6. The summed E-state index contributed by atoms with van der Waals surface area (Å²) in [5.41, 5.74) is -4.33. The van der Waals surface area contributed by atoms with Crippen molar-refractivity contribution in [2.45, 2.75) is 12.7 Å². The largest absolute Gasteiger partial charge is 0.480 e. The van der Waals surface area contributed by atoms with Crippen LogP contribution in [0.25, 0.3) is 17.1 Å². The number of carbonyl (C=O) groups is 1. The summed E-state index contributed by atoms with van der Waals surface area (Å²) in [7, 11) is 0.846. The van der Waals surface area contributed by atoms with Crippen LogP contribution in [0, 0.1) is 0 Å². The molecule has 0 amide bonds. The minimum Gasteiger partial charge on any atom is -0.480 e. The zero-order valence-electron chi connectivity index (χ0n) is 14.7. The van der Waals surface area contributed by atoms with Gasteiger partial charge in [-0.15, -0.1) is 5.10 Å². The molecule has 0 atom stereocenters. The summed E-state index contributed by atoms with van der Waals surface area (Å²) < 4.78 is 40.7. The highest BCUT2D eigenvalue weighted by molar-refractivity contribution is 6.37. The van der Waals surface area contributed by atoms with Gasteiger partial charge in [-0.1, -0.05) is 23.2 Å². The van der Waals surface area contributed by atoms with E-state index in [4.69, 9.17) is 28.3 Å². The quantitative estimate of drug-likeness (QED) is 0.621. The number of nitrogens with zero attached hydrogens (tertiary/aromatic N) is 6. The Bertz CT molecular complexity index is 1280. The summed E-state index contributed by atoms with van der Waals surface area (Å²) >= 11 is 12.2. The predicted molar refractivity (Wildman–Crippen MR) is 96.7 cm³/mol. The Morgan fingerprint density at radius 1 is 1.17 bits per heavy atom. The SMILES string of the molecule is Cn1c(C(F)(F)F)cc(=O)n(-c2cc(-c3nnnn3CC(=O)O)c(Cl)cc2Cl)c1=O. The van der Waals surface area contributed by atoms with Gasteiger partial charge in [0.05, 0.1) is 15.7 Å². The number of aliphatic carboxylic acids is 1. The van der Waals surface area contributed by atoms with Crippen molar-refractivity contribution in [1.29, 1.82) is 0 Å². The summed E-state index contributed by atoms with van der Waals surface area (Å²) in [6, 6.07) is 2.47. The molecule has 0 saturated heterocycles. The summed E-state index contributed by atoms with van der Waals surface area (Å²) in [5.74, 6) is -1.39. The second-order valence-corrected chi connectivity index (χ2v) is 6.69. The smallest absolute Gasteiger partial charge is 0.431 e. The van der Waals surface area contributed by atoms with E-state index in [9.17, 15) is 27.6 Å². The van der Waals surface area contributed by atoms with Crippen molar-refractivity contribution in [2.75, 3.05) is 0 Å². The number of carboxylic acid groups (broad SMARTS) is 1. The average Bonchev–Trinajstić information content (AvgIpc) is 3.06. The van der Waals surface area contributed by atoms with Crippen LogP contribution in [0.2, 0.25) is 10.0 Å². The van der Waals surface area contributed by atoms with Gasteiger partial charge in [0.15, 0.2) is 5.82 Å². The van der Waals surface area contributed by atoms with E-state index in [0.717, 1.165) is 23.9 Å². The van der Waals surface area contributed by atoms with Crippen molar-refractivity contribution < 1.29 is 23.1 Å². The fourth-order valence-electron chi connectivity index (χ4n) is 2.63. The lowest BCUT2D eigenvalue weighted by molar-refractivity contribution is -0.144. The number of carboxylic acids is 1. The predicted octanol–water partition coefficient (Wildman–Crippen LogP) is 1.60. The highest BCUT2D eigenvalue weighted by Crippen LogP contribution is 2.33. The van der Waals surface area contributed by atoms with Gasteiger partial charge in [0.1, 0.15) is 12.2 Å². The van der Waals surface area contributed by atoms with E-state index >= 15 is 0 Å². The van der Waals surface area contributed by atoms with Crippen LogP contribution in [-0.2, 0) is 24.6 Å². The molecule has 0 aliphatic carbocycles. The first-order valence-corrected chi connectivity index (χ1v) is 8.55. The van der Waals surface area contributed by atoms with Crippen molar-refractivity contribution >= 4 is 29.2 Å². The number of rotatable bonds is 4. The van der Waals surface area contributed by atoms with Gasteiger partial charge in [-0.2, -0.15) is 13.2 Å². The number of alkyl halides is 3. The summed E-state index contributed by atoms with van der Waals surface area (Å²) in [4.78, 5) is 35.8. The van der Waals surface area contributed by atoms with Gasteiger partial charge in [-0.3, -0.25) is 14.2 Å². The lowest BCUT2D eigenvalue weighted by atomic mass is 10.1. The molecule has 2 aromatic heterocycles. The lowest BCUT2D eigenvalue weighted by Gasteiger charge is -2.15. The maximum absolute atomic E-state index is 13.0. The van der Waals surface area contributed by atoms with Gasteiger partial charge in [-0.25, -0.2) is 14.0 Å². The van der Waals surface area contributed by atoms with Crippen molar-refractivity contribution in [2.24, 2.45) is 7.05 Å². The van der Waals surface area contributed by atoms with Gasteiger partial charge in [0.2, 0.25) is 0 Å². The second-order valence-electron chi connectivity index (χ2n) is 5.88. The van der Waals surface area contributed by atoms with E-state index < -0.39 is 35.6 Å². The molecular weight excluding hydrogens is 456 g/mol. The van der Waals surface area contributed by atoms with Crippen molar-refractivity contribution in [1.82, 2.24) is 29.3 Å². The summed E-state index contributed by atoms with van der Waals surface area (Å²) in [5, 5.41) is 19.2. The van der Waals surface area contributed by atoms with Crippen LogP contribution in [0.4, 0.5) is 13.2 Å². The average molecular weight is 465 g/mol. The number of hydrogen-bond donors (Lipinski definition) is 1. The van der Waals surface area contributed by atoms with Crippen LogP contribution in [-0.4, -0.2) is 40.4 Å². The second kappa shape index (κ2) is 7.57. The monoisotopic (exact) mass is 464 g/mol. The molecule has 15 heteroatoms. The van der Waals surface area contributed by atoms with Gasteiger partial charge >= 0.3 is 17.8 Å². The first kappa shape index (κ1) is 21.5. The van der Waals surface area contributed by atoms with Crippen LogP contribution >= 0.6 is 23.2 Å². The minimum atomic E-state index is -4.93. The Morgan fingerprint density at radius 3 is 2.43 bits per heavy atom. The number of halogens is 5.